The van der Waals surface area contributed by atoms with Gasteiger partial charge < -0.3 is 5.32 Å². The molecule has 90 valence electrons. The van der Waals surface area contributed by atoms with Gasteiger partial charge in [-0.25, -0.2) is 0 Å². The van der Waals surface area contributed by atoms with Gasteiger partial charge in [-0.05, 0) is 0 Å². The van der Waals surface area contributed by atoms with E-state index < -0.39 is 0 Å². The van der Waals surface area contributed by atoms with Crippen LogP contribution in [0.4, 0.5) is 5.69 Å². The topological polar surface area (TPSA) is 55.2 Å². The third-order valence-electron chi connectivity index (χ3n) is 1.78. The minimum atomic E-state index is -0.377. The van der Waals surface area contributed by atoms with E-state index in [1.807, 2.05) is 13.8 Å². The van der Waals surface area contributed by atoms with Gasteiger partial charge in [-0.1, -0.05) is 32.0 Å². The average molecular weight is 245 g/mol. The molecule has 0 saturated heterocycles. The van der Waals surface area contributed by atoms with E-state index in [1.54, 1.807) is 18.2 Å². The highest BCUT2D eigenvalue weighted by Crippen LogP contribution is 2.16. The molecule has 1 aromatic carbocycles. The summed E-state index contributed by atoms with van der Waals surface area (Å²) >= 11 is 5.47. The number of hydrogen-bond acceptors (Lipinski definition) is 3. The number of nitrogens with one attached hydrogen (secondary N) is 1. The molecule has 16 heavy (non-hydrogen) atoms. The number of nitro groups is 1. The Balaban J connectivity index is 0.00000106. The van der Waals surface area contributed by atoms with Crippen molar-refractivity contribution in [2.75, 3.05) is 12.4 Å². The maximum Gasteiger partial charge on any atom is 0.273 e. The van der Waals surface area contributed by atoms with Gasteiger partial charge in [0.1, 0.15) is 0 Å². The van der Waals surface area contributed by atoms with Gasteiger partial charge in [-0.2, -0.15) is 0 Å². The second kappa shape index (κ2) is 9.12. The number of benzene rings is 1. The van der Waals surface area contributed by atoms with E-state index in [0.717, 1.165) is 0 Å². The Morgan fingerprint density at radius 1 is 1.38 bits per heavy atom. The highest BCUT2D eigenvalue weighted by Gasteiger charge is 2.10. The summed E-state index contributed by atoms with van der Waals surface area (Å²) in [6.45, 7) is 5.12. The van der Waals surface area contributed by atoms with Crippen molar-refractivity contribution in [1.29, 1.82) is 0 Å². The monoisotopic (exact) mass is 244 g/mol. The van der Waals surface area contributed by atoms with Crippen molar-refractivity contribution in [3.63, 3.8) is 0 Å². The Labute approximate surface area is 101 Å². The first-order chi connectivity index (χ1) is 7.75. The van der Waals surface area contributed by atoms with Crippen LogP contribution in [0, 0.1) is 10.1 Å². The summed E-state index contributed by atoms with van der Waals surface area (Å²) in [7, 11) is 0. The Morgan fingerprint density at radius 3 is 2.56 bits per heavy atom. The molecule has 0 spiro atoms. The van der Waals surface area contributed by atoms with Crippen molar-refractivity contribution < 1.29 is 4.92 Å². The summed E-state index contributed by atoms with van der Waals surface area (Å²) in [6.07, 6.45) is 0. The van der Waals surface area contributed by atoms with Gasteiger partial charge in [0.2, 0.25) is 0 Å². The zero-order valence-corrected chi connectivity index (χ0v) is 10.3. The van der Waals surface area contributed by atoms with Crippen molar-refractivity contribution >= 4 is 17.3 Å². The van der Waals surface area contributed by atoms with Gasteiger partial charge in [0.25, 0.3) is 5.69 Å². The van der Waals surface area contributed by atoms with Crippen molar-refractivity contribution in [2.45, 2.75) is 20.4 Å². The van der Waals surface area contributed by atoms with E-state index in [1.165, 1.54) is 6.07 Å². The second-order valence-electron chi connectivity index (χ2n) is 2.75. The summed E-state index contributed by atoms with van der Waals surface area (Å²) in [5.74, 6) is 0.501. The molecule has 1 rings (SSSR count). The van der Waals surface area contributed by atoms with Crippen LogP contribution in [0.1, 0.15) is 19.4 Å². The summed E-state index contributed by atoms with van der Waals surface area (Å²) in [6, 6.07) is 6.67. The van der Waals surface area contributed by atoms with E-state index in [9.17, 15) is 10.1 Å². The average Bonchev–Trinajstić information content (AvgIpc) is 2.32. The number of halogens is 1. The highest BCUT2D eigenvalue weighted by molar-refractivity contribution is 6.18. The van der Waals surface area contributed by atoms with Crippen LogP contribution in [-0.4, -0.2) is 17.3 Å². The van der Waals surface area contributed by atoms with E-state index in [4.69, 9.17) is 11.6 Å². The molecule has 1 aromatic rings. The van der Waals surface area contributed by atoms with Gasteiger partial charge in [0.15, 0.2) is 0 Å². The molecule has 0 aliphatic rings. The molecule has 0 aliphatic carbocycles. The Morgan fingerprint density at radius 2 is 2.00 bits per heavy atom. The zero-order chi connectivity index (χ0) is 12.4. The number of alkyl halides is 1. The molecular formula is C11H17ClN2O2. The molecule has 0 heterocycles. The molecular weight excluding hydrogens is 228 g/mol. The lowest BCUT2D eigenvalue weighted by atomic mass is 10.2. The van der Waals surface area contributed by atoms with Crippen molar-refractivity contribution in [2.24, 2.45) is 0 Å². The van der Waals surface area contributed by atoms with E-state index >= 15 is 0 Å². The van der Waals surface area contributed by atoms with E-state index in [2.05, 4.69) is 5.32 Å². The van der Waals surface area contributed by atoms with Gasteiger partial charge in [-0.3, -0.25) is 10.1 Å². The molecule has 4 nitrogen and oxygen atoms in total. The summed E-state index contributed by atoms with van der Waals surface area (Å²) < 4.78 is 0. The molecule has 0 amide bonds. The number of nitrogens with zero attached hydrogens (tertiary/aromatic N) is 1. The lowest BCUT2D eigenvalue weighted by Gasteiger charge is -2.03. The van der Waals surface area contributed by atoms with Crippen LogP contribution in [-0.2, 0) is 6.54 Å². The number of para-hydroxylation sites is 1. The Hall–Kier alpha value is -1.13. The molecule has 0 fully saturated rings. The molecule has 0 aromatic heterocycles. The Kier molecular flexibility index (Phi) is 8.48. The minimum absolute atomic E-state index is 0.148. The predicted molar refractivity (Wildman–Crippen MR) is 66.9 cm³/mol. The van der Waals surface area contributed by atoms with Gasteiger partial charge in [0.05, 0.1) is 4.92 Å². The van der Waals surface area contributed by atoms with E-state index in [-0.39, 0.29) is 10.6 Å². The molecule has 0 aliphatic heterocycles. The maximum atomic E-state index is 10.6. The molecule has 0 unspecified atom stereocenters. The Bertz CT molecular complexity index is 319. The molecule has 0 atom stereocenters. The molecule has 0 saturated carbocycles. The van der Waals surface area contributed by atoms with Crippen molar-refractivity contribution in [3.05, 3.63) is 39.9 Å². The molecule has 0 radical (unpaired) electrons. The fourth-order valence-corrected chi connectivity index (χ4v) is 1.26. The standard InChI is InChI=1S/C9H11ClN2O2.C2H6/c10-5-6-11-7-8-3-1-2-4-9(8)12(13)14;1-2/h1-4,11H,5-7H2;1-2H3. The third kappa shape index (κ3) is 5.09. The molecule has 5 heteroatoms. The summed E-state index contributed by atoms with van der Waals surface area (Å²) in [5, 5.41) is 13.6. The van der Waals surface area contributed by atoms with Crippen molar-refractivity contribution in [3.8, 4) is 0 Å². The summed E-state index contributed by atoms with van der Waals surface area (Å²) in [5.41, 5.74) is 0.831. The zero-order valence-electron chi connectivity index (χ0n) is 9.57. The van der Waals surface area contributed by atoms with Crippen LogP contribution < -0.4 is 5.32 Å². The first-order valence-corrected chi connectivity index (χ1v) is 5.78. The normalized spacial score (nSPS) is 9.19. The number of nitro benzene ring substituents is 1. The van der Waals surface area contributed by atoms with Crippen LogP contribution in [0.15, 0.2) is 24.3 Å². The third-order valence-corrected chi connectivity index (χ3v) is 1.96. The largest absolute Gasteiger partial charge is 0.311 e. The van der Waals surface area contributed by atoms with Crippen LogP contribution >= 0.6 is 11.6 Å². The quantitative estimate of drug-likeness (QED) is 0.375. The lowest BCUT2D eigenvalue weighted by Crippen LogP contribution is -2.16. The summed E-state index contributed by atoms with van der Waals surface area (Å²) in [4.78, 5) is 10.2. The number of rotatable bonds is 5. The fraction of sp³-hybridized carbons (Fsp3) is 0.455. The lowest BCUT2D eigenvalue weighted by molar-refractivity contribution is -0.385. The van der Waals surface area contributed by atoms with Gasteiger partial charge in [-0.15, -0.1) is 11.6 Å². The maximum absolute atomic E-state index is 10.6. The highest BCUT2D eigenvalue weighted by atomic mass is 35.5. The van der Waals surface area contributed by atoms with Gasteiger partial charge in [0, 0.05) is 30.6 Å². The minimum Gasteiger partial charge on any atom is -0.311 e. The molecule has 0 bridgehead atoms. The number of hydrogen-bond donors (Lipinski definition) is 1. The predicted octanol–water partition coefficient (Wildman–Crippen LogP) is 2.95. The smallest absolute Gasteiger partial charge is 0.273 e. The van der Waals surface area contributed by atoms with Gasteiger partial charge >= 0.3 is 0 Å². The SMILES string of the molecule is CC.O=[N+]([O-])c1ccccc1CNCCCl. The van der Waals surface area contributed by atoms with Crippen LogP contribution in [0.3, 0.4) is 0 Å². The fourth-order valence-electron chi connectivity index (χ4n) is 1.13. The van der Waals surface area contributed by atoms with Crippen LogP contribution in [0.5, 0.6) is 0 Å². The first-order valence-electron chi connectivity index (χ1n) is 5.24. The van der Waals surface area contributed by atoms with Crippen LogP contribution in [0.25, 0.3) is 0 Å². The van der Waals surface area contributed by atoms with E-state index in [0.29, 0.717) is 24.5 Å². The second-order valence-corrected chi connectivity index (χ2v) is 3.13. The molecule has 1 N–H and O–H groups in total. The van der Waals surface area contributed by atoms with Crippen molar-refractivity contribution in [1.82, 2.24) is 5.32 Å². The van der Waals surface area contributed by atoms with Crippen LogP contribution in [0.2, 0.25) is 0 Å². The first kappa shape index (κ1) is 14.9.